The highest BCUT2D eigenvalue weighted by Gasteiger charge is 2.21. The van der Waals surface area contributed by atoms with Crippen LogP contribution in [0.2, 0.25) is 0 Å². The van der Waals surface area contributed by atoms with E-state index in [2.05, 4.69) is 21.2 Å². The fraction of sp³-hybridized carbons (Fsp3) is 0.562. The summed E-state index contributed by atoms with van der Waals surface area (Å²) in [6.45, 7) is 3.24. The van der Waals surface area contributed by atoms with E-state index in [1.807, 2.05) is 31.2 Å². The number of nitrogens with one attached hydrogen (secondary N) is 1. The Labute approximate surface area is 129 Å². The van der Waals surface area contributed by atoms with Gasteiger partial charge < -0.3 is 10.1 Å². The highest BCUT2D eigenvalue weighted by molar-refractivity contribution is 9.09. The van der Waals surface area contributed by atoms with E-state index in [1.54, 1.807) is 0 Å². The average Bonchev–Trinajstić information content (AvgIpc) is 2.46. The number of ether oxygens (including phenoxy) is 1. The van der Waals surface area contributed by atoms with Gasteiger partial charge in [0, 0.05) is 11.4 Å². The predicted molar refractivity (Wildman–Crippen MR) is 84.6 cm³/mol. The van der Waals surface area contributed by atoms with Gasteiger partial charge in [0.25, 0.3) is 5.91 Å². The molecule has 0 spiro atoms. The number of carbonyl (C=O) groups excluding carboxylic acids is 1. The summed E-state index contributed by atoms with van der Waals surface area (Å²) in [4.78, 5) is 12.9. The monoisotopic (exact) mass is 339 g/mol. The van der Waals surface area contributed by atoms with E-state index in [1.165, 1.54) is 19.3 Å². The maximum atomic E-state index is 12.3. The van der Waals surface area contributed by atoms with Crippen molar-refractivity contribution >= 4 is 21.8 Å². The summed E-state index contributed by atoms with van der Waals surface area (Å²) >= 11 is 3.68. The van der Waals surface area contributed by atoms with Crippen LogP contribution in [0.4, 0.5) is 0 Å². The van der Waals surface area contributed by atoms with E-state index in [0.29, 0.717) is 28.7 Å². The van der Waals surface area contributed by atoms with Crippen molar-refractivity contribution in [2.24, 2.45) is 5.92 Å². The smallest absolute Gasteiger partial charge is 0.255 e. The molecule has 0 heterocycles. The summed E-state index contributed by atoms with van der Waals surface area (Å²) in [6.07, 6.45) is 4.84. The number of para-hydroxylation sites is 1. The summed E-state index contributed by atoms with van der Waals surface area (Å²) in [7, 11) is 0. The molecule has 1 fully saturated rings. The zero-order valence-corrected chi connectivity index (χ0v) is 13.5. The second-order valence-corrected chi connectivity index (χ2v) is 6.56. The van der Waals surface area contributed by atoms with Gasteiger partial charge in [0.2, 0.25) is 0 Å². The maximum Gasteiger partial charge on any atom is 0.255 e. The Balaban J connectivity index is 1.91. The molecule has 1 aliphatic carbocycles. The Morgan fingerprint density at radius 3 is 2.95 bits per heavy atom. The first-order valence-corrected chi connectivity index (χ1v) is 8.26. The van der Waals surface area contributed by atoms with Crippen LogP contribution >= 0.6 is 15.9 Å². The highest BCUT2D eigenvalue weighted by Crippen LogP contribution is 2.28. The quantitative estimate of drug-likeness (QED) is 0.829. The van der Waals surface area contributed by atoms with Crippen molar-refractivity contribution < 1.29 is 9.53 Å². The average molecular weight is 340 g/mol. The molecule has 4 heteroatoms. The van der Waals surface area contributed by atoms with Crippen LogP contribution in [-0.2, 0) is 0 Å². The van der Waals surface area contributed by atoms with Crippen LogP contribution in [0, 0.1) is 5.92 Å². The van der Waals surface area contributed by atoms with Crippen molar-refractivity contribution in [3.05, 3.63) is 29.8 Å². The van der Waals surface area contributed by atoms with Crippen LogP contribution in [-0.4, -0.2) is 23.9 Å². The molecule has 1 aromatic carbocycles. The summed E-state index contributed by atoms with van der Waals surface area (Å²) in [5.41, 5.74) is 0.626. The number of alkyl halides is 1. The van der Waals surface area contributed by atoms with Gasteiger partial charge in [-0.1, -0.05) is 34.5 Å². The zero-order chi connectivity index (χ0) is 14.4. The molecule has 110 valence electrons. The molecule has 0 aliphatic heterocycles. The molecule has 3 nitrogen and oxygen atoms in total. The zero-order valence-electron chi connectivity index (χ0n) is 11.9. The second-order valence-electron chi connectivity index (χ2n) is 5.27. The van der Waals surface area contributed by atoms with E-state index < -0.39 is 0 Å². The van der Waals surface area contributed by atoms with Gasteiger partial charge in [-0.2, -0.15) is 0 Å². The van der Waals surface area contributed by atoms with Crippen LogP contribution in [0.25, 0.3) is 0 Å². The summed E-state index contributed by atoms with van der Waals surface area (Å²) < 4.78 is 5.50. The third-order valence-electron chi connectivity index (χ3n) is 3.70. The molecule has 1 saturated carbocycles. The maximum absolute atomic E-state index is 12.3. The predicted octanol–water partition coefficient (Wildman–Crippen LogP) is 3.77. The fourth-order valence-electron chi connectivity index (χ4n) is 2.68. The van der Waals surface area contributed by atoms with Gasteiger partial charge in [0.1, 0.15) is 5.75 Å². The molecular formula is C16H22BrNO2. The number of halogens is 1. The lowest BCUT2D eigenvalue weighted by Gasteiger charge is -2.25. The van der Waals surface area contributed by atoms with Gasteiger partial charge in [-0.25, -0.2) is 0 Å². The number of hydrogen-bond acceptors (Lipinski definition) is 2. The second kappa shape index (κ2) is 7.67. The topological polar surface area (TPSA) is 38.3 Å². The molecule has 0 saturated heterocycles. The van der Waals surface area contributed by atoms with E-state index >= 15 is 0 Å². The van der Waals surface area contributed by atoms with Crippen molar-refractivity contribution in [1.82, 2.24) is 5.32 Å². The van der Waals surface area contributed by atoms with Crippen LogP contribution in [0.5, 0.6) is 5.75 Å². The van der Waals surface area contributed by atoms with Crippen molar-refractivity contribution in [3.63, 3.8) is 0 Å². The van der Waals surface area contributed by atoms with Crippen LogP contribution in [0.15, 0.2) is 24.3 Å². The minimum absolute atomic E-state index is 0.0363. The molecule has 2 rings (SSSR count). The summed E-state index contributed by atoms with van der Waals surface area (Å²) in [6, 6.07) is 7.41. The molecule has 2 unspecified atom stereocenters. The largest absolute Gasteiger partial charge is 0.493 e. The molecule has 1 aliphatic rings. The lowest BCUT2D eigenvalue weighted by atomic mass is 9.89. The van der Waals surface area contributed by atoms with Gasteiger partial charge in [-0.15, -0.1) is 0 Å². The van der Waals surface area contributed by atoms with Gasteiger partial charge in [-0.05, 0) is 44.2 Å². The van der Waals surface area contributed by atoms with Crippen LogP contribution in [0.1, 0.15) is 43.0 Å². The van der Waals surface area contributed by atoms with Gasteiger partial charge in [0.05, 0.1) is 12.2 Å². The van der Waals surface area contributed by atoms with Gasteiger partial charge in [0.15, 0.2) is 0 Å². The molecule has 1 aromatic rings. The molecule has 0 radical (unpaired) electrons. The Morgan fingerprint density at radius 2 is 2.20 bits per heavy atom. The van der Waals surface area contributed by atoms with Crippen molar-refractivity contribution in [1.29, 1.82) is 0 Å². The first-order valence-electron chi connectivity index (χ1n) is 7.34. The van der Waals surface area contributed by atoms with Gasteiger partial charge in [-0.3, -0.25) is 4.79 Å². The SMILES string of the molecule is CCOc1ccccc1C(=O)NCC1CCCC(Br)C1. The van der Waals surface area contributed by atoms with Crippen LogP contribution in [0.3, 0.4) is 0 Å². The van der Waals surface area contributed by atoms with Crippen molar-refractivity contribution in [2.45, 2.75) is 37.4 Å². The Hall–Kier alpha value is -1.03. The van der Waals surface area contributed by atoms with Gasteiger partial charge >= 0.3 is 0 Å². The Morgan fingerprint density at radius 1 is 1.40 bits per heavy atom. The standard InChI is InChI=1S/C16H22BrNO2/c1-2-20-15-9-4-3-8-14(15)16(19)18-11-12-6-5-7-13(17)10-12/h3-4,8-9,12-13H,2,5-7,10-11H2,1H3,(H,18,19). The molecule has 0 bridgehead atoms. The number of hydrogen-bond donors (Lipinski definition) is 1. The van der Waals surface area contributed by atoms with Crippen LogP contribution < -0.4 is 10.1 Å². The minimum Gasteiger partial charge on any atom is -0.493 e. The minimum atomic E-state index is -0.0363. The molecule has 20 heavy (non-hydrogen) atoms. The molecule has 1 N–H and O–H groups in total. The normalized spacial score (nSPS) is 22.3. The third kappa shape index (κ3) is 4.23. The van der Waals surface area contributed by atoms with E-state index in [-0.39, 0.29) is 5.91 Å². The van der Waals surface area contributed by atoms with Crippen molar-refractivity contribution in [2.75, 3.05) is 13.2 Å². The first kappa shape index (κ1) is 15.4. The molecular weight excluding hydrogens is 318 g/mol. The molecule has 0 aromatic heterocycles. The first-order chi connectivity index (χ1) is 9.70. The summed E-state index contributed by atoms with van der Waals surface area (Å²) in [5.74, 6) is 1.21. The Kier molecular flexibility index (Phi) is 5.89. The highest BCUT2D eigenvalue weighted by atomic mass is 79.9. The van der Waals surface area contributed by atoms with Crippen molar-refractivity contribution in [3.8, 4) is 5.75 Å². The Bertz CT molecular complexity index is 450. The lowest BCUT2D eigenvalue weighted by molar-refractivity contribution is 0.0940. The number of rotatable bonds is 5. The fourth-order valence-corrected chi connectivity index (χ4v) is 3.53. The third-order valence-corrected chi connectivity index (χ3v) is 4.53. The summed E-state index contributed by atoms with van der Waals surface area (Å²) in [5, 5.41) is 3.05. The lowest BCUT2D eigenvalue weighted by Crippen LogP contribution is -2.32. The number of carbonyl (C=O) groups is 1. The van der Waals surface area contributed by atoms with E-state index in [0.717, 1.165) is 13.0 Å². The number of benzene rings is 1. The number of amides is 1. The molecule has 2 atom stereocenters. The van der Waals surface area contributed by atoms with E-state index in [9.17, 15) is 4.79 Å². The van der Waals surface area contributed by atoms with E-state index in [4.69, 9.17) is 4.74 Å². The molecule has 1 amide bonds.